The normalized spacial score (nSPS) is 15.6. The Hall–Kier alpha value is -2.77. The number of hydrogen-bond donors (Lipinski definition) is 0. The van der Waals surface area contributed by atoms with Crippen molar-refractivity contribution in [1.29, 1.82) is 0 Å². The highest BCUT2D eigenvalue weighted by Gasteiger charge is 2.32. The number of aryl methyl sites for hydroxylation is 2. The van der Waals surface area contributed by atoms with E-state index in [-0.39, 0.29) is 6.04 Å². The van der Waals surface area contributed by atoms with Gasteiger partial charge in [0.05, 0.1) is 18.3 Å². The first-order chi connectivity index (χ1) is 14.0. The van der Waals surface area contributed by atoms with Crippen LogP contribution in [0, 0.1) is 20.8 Å². The Morgan fingerprint density at radius 2 is 1.93 bits per heavy atom. The lowest BCUT2D eigenvalue weighted by atomic mass is 9.99. The van der Waals surface area contributed by atoms with Gasteiger partial charge in [-0.05, 0) is 38.5 Å². The molecule has 0 aliphatic carbocycles. The minimum Gasteiger partial charge on any atom is -0.449 e. The molecule has 0 N–H and O–H groups in total. The van der Waals surface area contributed by atoms with Crippen LogP contribution in [0.3, 0.4) is 0 Å². The van der Waals surface area contributed by atoms with E-state index >= 15 is 0 Å². The highest BCUT2D eigenvalue weighted by molar-refractivity contribution is 7.15. The summed E-state index contributed by atoms with van der Waals surface area (Å²) in [7, 11) is 0. The summed E-state index contributed by atoms with van der Waals surface area (Å²) in [5.74, 6) is 2.26. The van der Waals surface area contributed by atoms with Crippen molar-refractivity contribution in [2.45, 2.75) is 33.2 Å². The van der Waals surface area contributed by atoms with Crippen molar-refractivity contribution < 1.29 is 4.42 Å². The van der Waals surface area contributed by atoms with Gasteiger partial charge in [0.2, 0.25) is 0 Å². The first kappa shape index (κ1) is 18.3. The molecule has 3 aromatic heterocycles. The van der Waals surface area contributed by atoms with E-state index in [0.29, 0.717) is 17.3 Å². The fourth-order valence-electron chi connectivity index (χ4n) is 3.65. The molecule has 8 heteroatoms. The monoisotopic (exact) mass is 423 g/mol. The number of thiophene rings is 1. The molecule has 0 spiro atoms. The maximum absolute atomic E-state index is 6.14. The number of hydrogen-bond acceptors (Lipinski definition) is 6. The van der Waals surface area contributed by atoms with Crippen LogP contribution in [-0.2, 0) is 6.42 Å². The van der Waals surface area contributed by atoms with Crippen molar-refractivity contribution in [2.75, 3.05) is 0 Å². The van der Waals surface area contributed by atoms with E-state index < -0.39 is 0 Å². The standard InChI is InChI=1S/C21H18ClN5OS/c1-11-12(2)29-21-18(11)19(14-4-6-15(22)7-5-14)24-16(10-17-23-8-9-28-17)20-26-25-13(3)27(20)21/h4-9,16H,10H2,1-3H3/t16-/m0/s1. The van der Waals surface area contributed by atoms with Crippen molar-refractivity contribution in [3.05, 3.63) is 80.9 Å². The Kier molecular flexibility index (Phi) is 4.37. The minimum absolute atomic E-state index is 0.264. The van der Waals surface area contributed by atoms with Crippen LogP contribution in [0.5, 0.6) is 0 Å². The van der Waals surface area contributed by atoms with Crippen LogP contribution in [0.4, 0.5) is 0 Å². The van der Waals surface area contributed by atoms with Crippen molar-refractivity contribution in [2.24, 2.45) is 4.99 Å². The predicted molar refractivity (Wildman–Crippen MR) is 113 cm³/mol. The van der Waals surface area contributed by atoms with Crippen LogP contribution in [0.25, 0.3) is 5.00 Å². The van der Waals surface area contributed by atoms with Crippen LogP contribution in [0.15, 0.2) is 46.1 Å². The highest BCUT2D eigenvalue weighted by atomic mass is 35.5. The van der Waals surface area contributed by atoms with Gasteiger partial charge < -0.3 is 4.42 Å². The molecule has 1 aromatic carbocycles. The number of aromatic nitrogens is 4. The highest BCUT2D eigenvalue weighted by Crippen LogP contribution is 2.39. The molecule has 29 heavy (non-hydrogen) atoms. The Balaban J connectivity index is 1.78. The fraction of sp³-hybridized carbons (Fsp3) is 0.238. The number of rotatable bonds is 3. The minimum atomic E-state index is -0.264. The molecular weight excluding hydrogens is 406 g/mol. The summed E-state index contributed by atoms with van der Waals surface area (Å²) < 4.78 is 7.63. The SMILES string of the molecule is Cc1sc2c(c1C)C(c1ccc(Cl)cc1)=N[C@@H](Cc1ncco1)c1nnc(C)n1-2. The second-order valence-corrected chi connectivity index (χ2v) is 8.67. The summed E-state index contributed by atoms with van der Waals surface area (Å²) >= 11 is 7.88. The molecule has 4 heterocycles. The molecule has 0 saturated carbocycles. The van der Waals surface area contributed by atoms with Crippen molar-refractivity contribution in [1.82, 2.24) is 19.7 Å². The first-order valence-electron chi connectivity index (χ1n) is 9.27. The summed E-state index contributed by atoms with van der Waals surface area (Å²) in [6.45, 7) is 6.25. The van der Waals surface area contributed by atoms with Gasteiger partial charge in [-0.15, -0.1) is 21.5 Å². The van der Waals surface area contributed by atoms with Crippen molar-refractivity contribution in [3.8, 4) is 5.00 Å². The first-order valence-corrected chi connectivity index (χ1v) is 10.5. The van der Waals surface area contributed by atoms with Gasteiger partial charge >= 0.3 is 0 Å². The van der Waals surface area contributed by atoms with E-state index in [1.807, 2.05) is 31.2 Å². The smallest absolute Gasteiger partial charge is 0.196 e. The molecular formula is C21H18ClN5OS. The second kappa shape index (κ2) is 6.93. The maximum Gasteiger partial charge on any atom is 0.196 e. The number of aliphatic imine (C=N–C) groups is 1. The van der Waals surface area contributed by atoms with Gasteiger partial charge in [0, 0.05) is 21.0 Å². The van der Waals surface area contributed by atoms with E-state index in [0.717, 1.165) is 33.5 Å². The molecule has 0 radical (unpaired) electrons. The van der Waals surface area contributed by atoms with E-state index in [4.69, 9.17) is 21.0 Å². The molecule has 1 atom stereocenters. The van der Waals surface area contributed by atoms with E-state index in [1.54, 1.807) is 23.8 Å². The van der Waals surface area contributed by atoms with Crippen LogP contribution in [0.1, 0.15) is 45.1 Å². The van der Waals surface area contributed by atoms with Gasteiger partial charge in [0.25, 0.3) is 0 Å². The quantitative estimate of drug-likeness (QED) is 0.463. The molecule has 4 aromatic rings. The van der Waals surface area contributed by atoms with Gasteiger partial charge in [-0.25, -0.2) is 4.98 Å². The van der Waals surface area contributed by atoms with Crippen LogP contribution >= 0.6 is 22.9 Å². The van der Waals surface area contributed by atoms with E-state index in [2.05, 4.69) is 33.6 Å². The van der Waals surface area contributed by atoms with Crippen molar-refractivity contribution >= 4 is 28.6 Å². The summed E-state index contributed by atoms with van der Waals surface area (Å²) in [5, 5.41) is 10.6. The largest absolute Gasteiger partial charge is 0.449 e. The lowest BCUT2D eigenvalue weighted by molar-refractivity contribution is 0.467. The molecule has 146 valence electrons. The second-order valence-electron chi connectivity index (χ2n) is 7.03. The Morgan fingerprint density at radius 3 is 2.66 bits per heavy atom. The average molecular weight is 424 g/mol. The third-order valence-electron chi connectivity index (χ3n) is 5.21. The van der Waals surface area contributed by atoms with Gasteiger partial charge in [0.15, 0.2) is 11.7 Å². The zero-order chi connectivity index (χ0) is 20.1. The number of halogens is 1. The topological polar surface area (TPSA) is 69.1 Å². The molecule has 0 bridgehead atoms. The van der Waals surface area contributed by atoms with Gasteiger partial charge in [-0.3, -0.25) is 9.56 Å². The Bertz CT molecular complexity index is 1220. The molecule has 5 rings (SSSR count). The van der Waals surface area contributed by atoms with Gasteiger partial charge in [0.1, 0.15) is 23.1 Å². The Morgan fingerprint density at radius 1 is 1.14 bits per heavy atom. The molecule has 6 nitrogen and oxygen atoms in total. The maximum atomic E-state index is 6.14. The summed E-state index contributed by atoms with van der Waals surface area (Å²) in [5.41, 5.74) is 4.29. The lowest BCUT2D eigenvalue weighted by Crippen LogP contribution is -2.09. The zero-order valence-electron chi connectivity index (χ0n) is 16.2. The summed E-state index contributed by atoms with van der Waals surface area (Å²) in [4.78, 5) is 10.7. The molecule has 1 aliphatic heterocycles. The number of nitrogens with zero attached hydrogens (tertiary/aromatic N) is 5. The molecule has 0 fully saturated rings. The van der Waals surface area contributed by atoms with Gasteiger partial charge in [-0.1, -0.05) is 23.7 Å². The average Bonchev–Trinajstić information content (AvgIpc) is 3.39. The summed E-state index contributed by atoms with van der Waals surface area (Å²) in [6.07, 6.45) is 3.74. The van der Waals surface area contributed by atoms with E-state index in [9.17, 15) is 0 Å². The molecule has 0 amide bonds. The van der Waals surface area contributed by atoms with E-state index in [1.165, 1.54) is 10.4 Å². The van der Waals surface area contributed by atoms with Crippen molar-refractivity contribution in [3.63, 3.8) is 0 Å². The number of fused-ring (bicyclic) bond motifs is 3. The van der Waals surface area contributed by atoms with Crippen LogP contribution in [-0.4, -0.2) is 25.5 Å². The third kappa shape index (κ3) is 3.01. The predicted octanol–water partition coefficient (Wildman–Crippen LogP) is 5.03. The summed E-state index contributed by atoms with van der Waals surface area (Å²) in [6, 6.07) is 7.55. The van der Waals surface area contributed by atoms with Crippen LogP contribution < -0.4 is 0 Å². The molecule has 0 saturated heterocycles. The fourth-order valence-corrected chi connectivity index (χ4v) is 4.99. The van der Waals surface area contributed by atoms with Crippen LogP contribution in [0.2, 0.25) is 5.02 Å². The molecule has 0 unspecified atom stereocenters. The zero-order valence-corrected chi connectivity index (χ0v) is 17.8. The lowest BCUT2D eigenvalue weighted by Gasteiger charge is -2.11. The third-order valence-corrected chi connectivity index (χ3v) is 6.65. The Labute approximate surface area is 176 Å². The number of oxazole rings is 1. The van der Waals surface area contributed by atoms with Gasteiger partial charge in [-0.2, -0.15) is 0 Å². The molecule has 1 aliphatic rings. The number of benzene rings is 1.